The molecule has 0 atom stereocenters. The lowest BCUT2D eigenvalue weighted by atomic mass is 9.35. The Kier molecular flexibility index (Phi) is 10.7. The van der Waals surface area contributed by atoms with Crippen LogP contribution < -0.4 is 26.0 Å². The first-order valence-corrected chi connectivity index (χ1v) is 26.3. The number of nitriles is 1. The quantitative estimate of drug-likeness (QED) is 0.142. The van der Waals surface area contributed by atoms with Crippen molar-refractivity contribution in [2.24, 2.45) is 0 Å². The van der Waals surface area contributed by atoms with Crippen LogP contribution in [0.3, 0.4) is 0 Å². The molecule has 0 radical (unpaired) electrons. The molecule has 3 heterocycles. The zero-order valence-electron chi connectivity index (χ0n) is 41.3. The molecule has 0 bridgehead atoms. The first-order chi connectivity index (χ1) is 37.0. The van der Waals surface area contributed by atoms with Crippen molar-refractivity contribution in [3.05, 3.63) is 259 Å². The lowest BCUT2D eigenvalue weighted by Gasteiger charge is -2.34. The Balaban J connectivity index is 0.978. The number of benzene rings is 11. The van der Waals surface area contributed by atoms with Crippen LogP contribution in [-0.2, 0) is 0 Å². The summed E-state index contributed by atoms with van der Waals surface area (Å²) >= 11 is 1.83. The van der Waals surface area contributed by atoms with E-state index in [0.717, 1.165) is 73.0 Å². The SMILES string of the molecule is Cc1ccccc1-c1cc(-c2cc3c4c(c2)Sc2cc(N(c5ccccc5)c5ccccc5)ccc2B4c2ccc(-c4cc(C#N)ccc4-n4c5ccccc5c5ccccc54)cc2O3)cc(-c2ccccc2C)c1. The topological polar surface area (TPSA) is 41.2 Å². The molecule has 6 heteroatoms. The molecule has 14 rings (SSSR count). The number of hydrogen-bond acceptors (Lipinski definition) is 4. The average Bonchev–Trinajstić information content (AvgIpc) is 3.84. The number of hydrogen-bond donors (Lipinski definition) is 0. The van der Waals surface area contributed by atoms with Gasteiger partial charge in [0.15, 0.2) is 0 Å². The van der Waals surface area contributed by atoms with E-state index in [1.807, 2.05) is 23.9 Å². The van der Waals surface area contributed by atoms with Gasteiger partial charge in [-0.05, 0) is 178 Å². The van der Waals surface area contributed by atoms with Crippen LogP contribution in [0.4, 0.5) is 17.1 Å². The maximum atomic E-state index is 10.4. The number of para-hydroxylation sites is 4. The third-order valence-electron chi connectivity index (χ3n) is 15.2. The van der Waals surface area contributed by atoms with Gasteiger partial charge in [0.2, 0.25) is 0 Å². The Morgan fingerprint density at radius 3 is 1.64 bits per heavy atom. The molecule has 0 unspecified atom stereocenters. The molecule has 4 nitrogen and oxygen atoms in total. The Bertz CT molecular complexity index is 4150. The summed E-state index contributed by atoms with van der Waals surface area (Å²) in [7, 11) is 0. The van der Waals surface area contributed by atoms with Gasteiger partial charge in [0, 0.05) is 43.2 Å². The van der Waals surface area contributed by atoms with Crippen molar-refractivity contribution < 1.29 is 4.74 Å². The molecule has 2 aliphatic rings. The Morgan fingerprint density at radius 1 is 0.440 bits per heavy atom. The minimum absolute atomic E-state index is 0.0999. The van der Waals surface area contributed by atoms with Crippen molar-refractivity contribution >= 4 is 73.7 Å². The van der Waals surface area contributed by atoms with Gasteiger partial charge < -0.3 is 14.2 Å². The van der Waals surface area contributed by atoms with Crippen LogP contribution in [-0.4, -0.2) is 11.3 Å². The molecular formula is C69H46BN3OS. The van der Waals surface area contributed by atoms with E-state index in [4.69, 9.17) is 4.74 Å². The minimum Gasteiger partial charge on any atom is -0.458 e. The summed E-state index contributed by atoms with van der Waals surface area (Å²) in [6, 6.07) is 89.6. The molecular weight excluding hydrogens is 930 g/mol. The smallest absolute Gasteiger partial charge is 0.253 e. The number of nitrogens with zero attached hydrogens (tertiary/aromatic N) is 3. The van der Waals surface area contributed by atoms with Crippen molar-refractivity contribution in [3.8, 4) is 67.8 Å². The molecule has 0 saturated carbocycles. The van der Waals surface area contributed by atoms with Gasteiger partial charge >= 0.3 is 0 Å². The molecule has 0 N–H and O–H groups in total. The van der Waals surface area contributed by atoms with E-state index in [0.29, 0.717) is 5.56 Å². The number of anilines is 3. The predicted octanol–water partition coefficient (Wildman–Crippen LogP) is 16.5. The number of fused-ring (bicyclic) bond motifs is 7. The Labute approximate surface area is 441 Å². The largest absolute Gasteiger partial charge is 0.458 e. The van der Waals surface area contributed by atoms with Gasteiger partial charge in [0.05, 0.1) is 28.4 Å². The summed E-state index contributed by atoms with van der Waals surface area (Å²) in [6.45, 7) is 4.29. The van der Waals surface area contributed by atoms with Crippen molar-refractivity contribution in [2.45, 2.75) is 23.6 Å². The van der Waals surface area contributed by atoms with Gasteiger partial charge in [-0.25, -0.2) is 0 Å². The van der Waals surface area contributed by atoms with Gasteiger partial charge in [0.1, 0.15) is 11.5 Å². The fraction of sp³-hybridized carbons (Fsp3) is 0.0290. The third-order valence-corrected chi connectivity index (χ3v) is 16.3. The number of ether oxygens (including phenoxy) is 1. The zero-order chi connectivity index (χ0) is 50.1. The summed E-state index contributed by atoms with van der Waals surface area (Å²) in [4.78, 5) is 4.72. The molecule has 75 heavy (non-hydrogen) atoms. The second kappa shape index (κ2) is 18.0. The molecule has 12 aromatic rings. The number of aromatic nitrogens is 1. The Morgan fingerprint density at radius 2 is 1.00 bits per heavy atom. The molecule has 11 aromatic carbocycles. The molecule has 0 spiro atoms. The summed E-state index contributed by atoms with van der Waals surface area (Å²) in [5, 5.41) is 12.7. The highest BCUT2D eigenvalue weighted by Gasteiger charge is 2.40. The van der Waals surface area contributed by atoms with Crippen LogP contribution in [0.25, 0.3) is 72.0 Å². The molecule has 0 saturated heterocycles. The van der Waals surface area contributed by atoms with Crippen LogP contribution in [0, 0.1) is 25.2 Å². The summed E-state index contributed by atoms with van der Waals surface area (Å²) in [6.07, 6.45) is 0. The first kappa shape index (κ1) is 44.4. The van der Waals surface area contributed by atoms with Crippen LogP contribution in [0.2, 0.25) is 0 Å². The van der Waals surface area contributed by atoms with E-state index in [2.05, 4.69) is 260 Å². The lowest BCUT2D eigenvalue weighted by Crippen LogP contribution is -2.57. The fourth-order valence-corrected chi connectivity index (χ4v) is 12.9. The van der Waals surface area contributed by atoms with E-state index in [9.17, 15) is 5.26 Å². The van der Waals surface area contributed by atoms with Crippen LogP contribution in [0.1, 0.15) is 16.7 Å². The molecule has 1 aromatic heterocycles. The average molecular weight is 976 g/mol. The highest BCUT2D eigenvalue weighted by Crippen LogP contribution is 2.45. The molecule has 2 aliphatic heterocycles. The second-order valence-corrected chi connectivity index (χ2v) is 20.7. The van der Waals surface area contributed by atoms with E-state index < -0.39 is 0 Å². The zero-order valence-corrected chi connectivity index (χ0v) is 42.1. The van der Waals surface area contributed by atoms with Gasteiger partial charge in [-0.2, -0.15) is 5.26 Å². The minimum atomic E-state index is -0.0999. The lowest BCUT2D eigenvalue weighted by molar-refractivity contribution is 0.486. The highest BCUT2D eigenvalue weighted by molar-refractivity contribution is 8.00. The van der Waals surface area contributed by atoms with Gasteiger partial charge in [-0.3, -0.25) is 0 Å². The monoisotopic (exact) mass is 975 g/mol. The fourth-order valence-electron chi connectivity index (χ4n) is 11.7. The van der Waals surface area contributed by atoms with E-state index in [1.165, 1.54) is 64.9 Å². The first-order valence-electron chi connectivity index (χ1n) is 25.5. The second-order valence-electron chi connectivity index (χ2n) is 19.6. The maximum Gasteiger partial charge on any atom is 0.253 e. The Hall–Kier alpha value is -9.28. The van der Waals surface area contributed by atoms with Crippen LogP contribution >= 0.6 is 11.8 Å². The number of rotatable bonds is 8. The van der Waals surface area contributed by atoms with Crippen LogP contribution in [0.15, 0.2) is 252 Å². The van der Waals surface area contributed by atoms with E-state index in [-0.39, 0.29) is 6.71 Å². The van der Waals surface area contributed by atoms with Crippen molar-refractivity contribution in [1.29, 1.82) is 5.26 Å². The predicted molar refractivity (Wildman–Crippen MR) is 313 cm³/mol. The van der Waals surface area contributed by atoms with Crippen molar-refractivity contribution in [2.75, 3.05) is 4.90 Å². The molecule has 352 valence electrons. The maximum absolute atomic E-state index is 10.4. The summed E-state index contributed by atoms with van der Waals surface area (Å²) in [5.74, 6) is 1.65. The van der Waals surface area contributed by atoms with Gasteiger partial charge in [0.25, 0.3) is 6.71 Å². The normalized spacial score (nSPS) is 12.1. The van der Waals surface area contributed by atoms with E-state index >= 15 is 0 Å². The van der Waals surface area contributed by atoms with Crippen LogP contribution in [0.5, 0.6) is 11.5 Å². The molecule has 0 aliphatic carbocycles. The third kappa shape index (κ3) is 7.54. The summed E-state index contributed by atoms with van der Waals surface area (Å²) < 4.78 is 9.68. The standard InChI is InChI=1S/C69H46BN3OS/c1-44-17-9-11-23-55(44)50-36-48(37-51(38-50)56-24-12-10-18-45(56)2)49-40-66-69-68(41-49)75-67-42-54(72(52-19-5-3-6-20-52)53-21-7-4-8-22-53)31-33-61(67)70(69)60-32-30-47(39-65(60)74-66)59-35-46(43-71)29-34-64(59)73-62-27-15-13-25-57(62)58-26-14-16-28-63(58)73/h3-42H,1-2H3. The number of aryl methyl sites for hydroxylation is 2. The van der Waals surface area contributed by atoms with E-state index in [1.54, 1.807) is 0 Å². The molecule has 0 fully saturated rings. The summed E-state index contributed by atoms with van der Waals surface area (Å²) in [5.41, 5.74) is 22.0. The van der Waals surface area contributed by atoms with Crippen molar-refractivity contribution in [3.63, 3.8) is 0 Å². The highest BCUT2D eigenvalue weighted by atomic mass is 32.2. The van der Waals surface area contributed by atoms with Gasteiger partial charge in [-0.1, -0.05) is 157 Å². The van der Waals surface area contributed by atoms with Gasteiger partial charge in [-0.15, -0.1) is 0 Å². The van der Waals surface area contributed by atoms with Crippen molar-refractivity contribution in [1.82, 2.24) is 4.57 Å². The molecule has 0 amide bonds.